The van der Waals surface area contributed by atoms with Crippen molar-refractivity contribution in [2.75, 3.05) is 44.5 Å². The van der Waals surface area contributed by atoms with E-state index in [9.17, 15) is 4.79 Å². The van der Waals surface area contributed by atoms with E-state index in [1.54, 1.807) is 25.3 Å². The van der Waals surface area contributed by atoms with Crippen LogP contribution in [0.3, 0.4) is 0 Å². The molecule has 1 fully saturated rings. The number of aromatic nitrogens is 3. The maximum absolute atomic E-state index is 12.6. The monoisotopic (exact) mass is 473 g/mol. The van der Waals surface area contributed by atoms with E-state index in [-0.39, 0.29) is 11.7 Å². The zero-order valence-electron chi connectivity index (χ0n) is 17.7. The van der Waals surface area contributed by atoms with Gasteiger partial charge in [-0.2, -0.15) is 0 Å². The highest BCUT2D eigenvalue weighted by Crippen LogP contribution is 2.28. The molecule has 2 aromatic carbocycles. The van der Waals surface area contributed by atoms with Crippen LogP contribution in [-0.4, -0.2) is 64.7 Å². The molecule has 1 N–H and O–H groups in total. The lowest BCUT2D eigenvalue weighted by atomic mass is 10.3. The van der Waals surface area contributed by atoms with Gasteiger partial charge in [0.25, 0.3) is 0 Å². The van der Waals surface area contributed by atoms with Crippen molar-refractivity contribution in [1.82, 2.24) is 19.7 Å². The number of rotatable bonds is 8. The van der Waals surface area contributed by atoms with Crippen LogP contribution in [0, 0.1) is 0 Å². The van der Waals surface area contributed by atoms with E-state index in [0.29, 0.717) is 41.4 Å². The van der Waals surface area contributed by atoms with E-state index < -0.39 is 0 Å². The third-order valence-electron chi connectivity index (χ3n) is 4.95. The second-order valence-electron chi connectivity index (χ2n) is 7.14. The van der Waals surface area contributed by atoms with Gasteiger partial charge in [-0.1, -0.05) is 41.6 Å². The Hall–Kier alpha value is -2.59. The SMILES string of the molecule is COc1ccc(Cl)cc1NC(=O)CSc1nnc(CN2CCOCC2)n1-c1ccccc1. The first-order valence-corrected chi connectivity index (χ1v) is 11.6. The van der Waals surface area contributed by atoms with Crippen LogP contribution in [-0.2, 0) is 16.1 Å². The molecule has 0 bridgehead atoms. The predicted octanol–water partition coefficient (Wildman–Crippen LogP) is 3.49. The minimum Gasteiger partial charge on any atom is -0.495 e. The van der Waals surface area contributed by atoms with Crippen molar-refractivity contribution in [2.24, 2.45) is 0 Å². The van der Waals surface area contributed by atoms with Gasteiger partial charge in [0.05, 0.1) is 38.3 Å². The molecule has 0 atom stereocenters. The largest absolute Gasteiger partial charge is 0.495 e. The van der Waals surface area contributed by atoms with E-state index in [1.807, 2.05) is 34.9 Å². The summed E-state index contributed by atoms with van der Waals surface area (Å²) >= 11 is 7.39. The van der Waals surface area contributed by atoms with Crippen molar-refractivity contribution in [3.8, 4) is 11.4 Å². The van der Waals surface area contributed by atoms with Crippen LogP contribution in [0.5, 0.6) is 5.75 Å². The quantitative estimate of drug-likeness (QED) is 0.501. The Labute approximate surface area is 195 Å². The maximum atomic E-state index is 12.6. The number of benzene rings is 2. The average molecular weight is 474 g/mol. The van der Waals surface area contributed by atoms with Crippen LogP contribution in [0.1, 0.15) is 5.82 Å². The molecule has 1 aliphatic rings. The lowest BCUT2D eigenvalue weighted by molar-refractivity contribution is -0.113. The lowest BCUT2D eigenvalue weighted by Crippen LogP contribution is -2.36. The number of halogens is 1. The average Bonchev–Trinajstić information content (AvgIpc) is 3.21. The summed E-state index contributed by atoms with van der Waals surface area (Å²) in [6.45, 7) is 3.81. The van der Waals surface area contributed by atoms with Crippen LogP contribution in [0.4, 0.5) is 5.69 Å². The van der Waals surface area contributed by atoms with Crippen molar-refractivity contribution < 1.29 is 14.3 Å². The minimum atomic E-state index is -0.187. The van der Waals surface area contributed by atoms with Crippen LogP contribution >= 0.6 is 23.4 Å². The molecule has 0 unspecified atom stereocenters. The van der Waals surface area contributed by atoms with Gasteiger partial charge in [0.2, 0.25) is 5.91 Å². The van der Waals surface area contributed by atoms with E-state index in [2.05, 4.69) is 20.4 Å². The van der Waals surface area contributed by atoms with Crippen molar-refractivity contribution in [3.05, 3.63) is 59.4 Å². The van der Waals surface area contributed by atoms with Gasteiger partial charge in [0.15, 0.2) is 11.0 Å². The summed E-state index contributed by atoms with van der Waals surface area (Å²) in [5.74, 6) is 1.36. The Morgan fingerprint density at radius 2 is 1.97 bits per heavy atom. The number of methoxy groups -OCH3 is 1. The summed E-state index contributed by atoms with van der Waals surface area (Å²) in [5.41, 5.74) is 1.49. The number of anilines is 1. The molecule has 0 radical (unpaired) electrons. The van der Waals surface area contributed by atoms with Crippen LogP contribution in [0.2, 0.25) is 5.02 Å². The molecular weight excluding hydrogens is 450 g/mol. The summed E-state index contributed by atoms with van der Waals surface area (Å²) < 4.78 is 12.7. The number of para-hydroxylation sites is 1. The molecule has 1 aliphatic heterocycles. The Morgan fingerprint density at radius 1 is 1.19 bits per heavy atom. The number of nitrogens with zero attached hydrogens (tertiary/aromatic N) is 4. The fourth-order valence-corrected chi connectivity index (χ4v) is 4.33. The van der Waals surface area contributed by atoms with Crippen LogP contribution in [0.15, 0.2) is 53.7 Å². The molecule has 1 saturated heterocycles. The summed E-state index contributed by atoms with van der Waals surface area (Å²) in [6.07, 6.45) is 0. The van der Waals surface area contributed by atoms with Crippen LogP contribution in [0.25, 0.3) is 5.69 Å². The fraction of sp³-hybridized carbons (Fsp3) is 0.318. The Bertz CT molecular complexity index is 1060. The first-order valence-electron chi connectivity index (χ1n) is 10.2. The predicted molar refractivity (Wildman–Crippen MR) is 125 cm³/mol. The summed E-state index contributed by atoms with van der Waals surface area (Å²) in [5, 5.41) is 12.8. The van der Waals surface area contributed by atoms with E-state index >= 15 is 0 Å². The van der Waals surface area contributed by atoms with Crippen molar-refractivity contribution in [1.29, 1.82) is 0 Å². The Kier molecular flexibility index (Phi) is 7.64. The van der Waals surface area contributed by atoms with Crippen LogP contribution < -0.4 is 10.1 Å². The number of nitrogens with one attached hydrogen (secondary N) is 1. The number of hydrogen-bond donors (Lipinski definition) is 1. The molecule has 0 saturated carbocycles. The number of amides is 1. The number of carbonyl (C=O) groups is 1. The molecule has 2 heterocycles. The summed E-state index contributed by atoms with van der Waals surface area (Å²) in [7, 11) is 1.55. The van der Waals surface area contributed by atoms with Gasteiger partial charge in [-0.25, -0.2) is 0 Å². The fourth-order valence-electron chi connectivity index (χ4n) is 3.39. The van der Waals surface area contributed by atoms with Crippen molar-refractivity contribution >= 4 is 35.0 Å². The zero-order chi connectivity index (χ0) is 22.3. The normalized spacial score (nSPS) is 14.3. The number of carbonyl (C=O) groups excluding carboxylic acids is 1. The summed E-state index contributed by atoms with van der Waals surface area (Å²) in [4.78, 5) is 14.9. The smallest absolute Gasteiger partial charge is 0.234 e. The third-order valence-corrected chi connectivity index (χ3v) is 6.12. The molecule has 32 heavy (non-hydrogen) atoms. The molecule has 8 nitrogen and oxygen atoms in total. The van der Waals surface area contributed by atoms with E-state index in [4.69, 9.17) is 21.1 Å². The van der Waals surface area contributed by atoms with Gasteiger partial charge in [-0.3, -0.25) is 14.3 Å². The highest BCUT2D eigenvalue weighted by atomic mass is 35.5. The third kappa shape index (κ3) is 5.60. The number of thioether (sulfide) groups is 1. The topological polar surface area (TPSA) is 81.5 Å². The lowest BCUT2D eigenvalue weighted by Gasteiger charge is -2.26. The molecule has 1 amide bonds. The van der Waals surface area contributed by atoms with Gasteiger partial charge < -0.3 is 14.8 Å². The molecule has 3 aromatic rings. The van der Waals surface area contributed by atoms with Gasteiger partial charge in [0, 0.05) is 23.8 Å². The number of ether oxygens (including phenoxy) is 2. The van der Waals surface area contributed by atoms with E-state index in [1.165, 1.54) is 11.8 Å². The second kappa shape index (κ2) is 10.8. The first-order chi connectivity index (χ1) is 15.6. The molecule has 10 heteroatoms. The van der Waals surface area contributed by atoms with Gasteiger partial charge in [-0.15, -0.1) is 10.2 Å². The standard InChI is InChI=1S/C22H24ClN5O3S/c1-30-19-8-7-16(23)13-18(19)24-21(29)15-32-22-26-25-20(14-27-9-11-31-12-10-27)28(22)17-5-3-2-4-6-17/h2-8,13H,9-12,14-15H2,1H3,(H,24,29). The number of morpholine rings is 1. The molecule has 1 aromatic heterocycles. The maximum Gasteiger partial charge on any atom is 0.234 e. The van der Waals surface area contributed by atoms with Crippen molar-refractivity contribution in [2.45, 2.75) is 11.7 Å². The highest BCUT2D eigenvalue weighted by Gasteiger charge is 2.20. The molecule has 0 spiro atoms. The molecule has 4 rings (SSSR count). The number of hydrogen-bond acceptors (Lipinski definition) is 7. The van der Waals surface area contributed by atoms with Crippen molar-refractivity contribution in [3.63, 3.8) is 0 Å². The van der Waals surface area contributed by atoms with Gasteiger partial charge >= 0.3 is 0 Å². The summed E-state index contributed by atoms with van der Waals surface area (Å²) in [6, 6.07) is 15.0. The van der Waals surface area contributed by atoms with Gasteiger partial charge in [-0.05, 0) is 30.3 Å². The first kappa shape index (κ1) is 22.6. The Balaban J connectivity index is 1.49. The minimum absolute atomic E-state index is 0.165. The highest BCUT2D eigenvalue weighted by molar-refractivity contribution is 7.99. The molecule has 168 valence electrons. The second-order valence-corrected chi connectivity index (χ2v) is 8.52. The van der Waals surface area contributed by atoms with E-state index in [0.717, 1.165) is 24.6 Å². The Morgan fingerprint density at radius 3 is 2.72 bits per heavy atom. The zero-order valence-corrected chi connectivity index (χ0v) is 19.2. The van der Waals surface area contributed by atoms with Gasteiger partial charge in [0.1, 0.15) is 5.75 Å². The molecule has 0 aliphatic carbocycles. The molecular formula is C22H24ClN5O3S.